The number of para-hydroxylation sites is 1. The number of thioether (sulfide) groups is 1. The number of amides is 3. The van der Waals surface area contributed by atoms with Gasteiger partial charge in [0.05, 0.1) is 10.8 Å². The normalized spacial score (nSPS) is 12.1. The van der Waals surface area contributed by atoms with E-state index in [1.54, 1.807) is 0 Å². The molecule has 0 bridgehead atoms. The van der Waals surface area contributed by atoms with E-state index >= 15 is 0 Å². The maximum Gasteiger partial charge on any atom is 0.318 e. The Balaban J connectivity index is 2.06. The molecule has 0 radical (unpaired) electrons. The molecular formula is C20H19BrN4O2S. The zero-order chi connectivity index (χ0) is 20.3. The van der Waals surface area contributed by atoms with Crippen LogP contribution in [0.3, 0.4) is 0 Å². The summed E-state index contributed by atoms with van der Waals surface area (Å²) in [4.78, 5) is 33.0. The van der Waals surface area contributed by atoms with E-state index < -0.39 is 17.2 Å². The van der Waals surface area contributed by atoms with Crippen molar-refractivity contribution in [3.63, 3.8) is 0 Å². The summed E-state index contributed by atoms with van der Waals surface area (Å²) in [7, 11) is 0. The molecule has 0 spiro atoms. The Kier molecular flexibility index (Phi) is 6.31. The van der Waals surface area contributed by atoms with Gasteiger partial charge in [-0.3, -0.25) is 10.1 Å². The molecule has 1 aromatic heterocycles. The lowest BCUT2D eigenvalue weighted by molar-refractivity contribution is -0.120. The van der Waals surface area contributed by atoms with E-state index in [9.17, 15) is 9.59 Å². The molecule has 6 nitrogen and oxygen atoms in total. The Morgan fingerprint density at radius 1 is 1.07 bits per heavy atom. The second-order valence-electron chi connectivity index (χ2n) is 6.51. The second kappa shape index (κ2) is 8.70. The smallest absolute Gasteiger partial charge is 0.318 e. The van der Waals surface area contributed by atoms with Gasteiger partial charge in [0.25, 0.3) is 0 Å². The molecule has 8 heteroatoms. The highest BCUT2D eigenvalue weighted by molar-refractivity contribution is 9.10. The molecule has 144 valence electrons. The molecule has 3 aromatic rings. The number of carbonyl (C=O) groups is 2. The first-order valence-corrected chi connectivity index (χ1v) is 10.3. The van der Waals surface area contributed by atoms with Crippen LogP contribution in [-0.2, 0) is 4.79 Å². The van der Waals surface area contributed by atoms with E-state index in [4.69, 9.17) is 10.7 Å². The first-order chi connectivity index (χ1) is 13.3. The Bertz CT molecular complexity index is 1020. The van der Waals surface area contributed by atoms with Crippen molar-refractivity contribution in [2.75, 3.05) is 0 Å². The van der Waals surface area contributed by atoms with Crippen LogP contribution < -0.4 is 11.1 Å². The van der Waals surface area contributed by atoms with Crippen LogP contribution in [-0.4, -0.2) is 27.2 Å². The Morgan fingerprint density at radius 2 is 1.75 bits per heavy atom. The summed E-state index contributed by atoms with van der Waals surface area (Å²) in [6.45, 7) is 3.83. The molecule has 3 N–H and O–H groups in total. The molecule has 1 unspecified atom stereocenters. The molecule has 28 heavy (non-hydrogen) atoms. The first kappa shape index (κ1) is 20.3. The summed E-state index contributed by atoms with van der Waals surface area (Å²) >= 11 is 4.74. The minimum Gasteiger partial charge on any atom is -0.351 e. The number of halogens is 1. The number of carbonyl (C=O) groups excluding carboxylic acids is 2. The summed E-state index contributed by atoms with van der Waals surface area (Å²) in [6.07, 6.45) is 0. The van der Waals surface area contributed by atoms with E-state index in [0.29, 0.717) is 10.9 Å². The number of hydrogen-bond donors (Lipinski definition) is 2. The van der Waals surface area contributed by atoms with Gasteiger partial charge in [0.2, 0.25) is 5.91 Å². The third-order valence-corrected chi connectivity index (χ3v) is 6.10. The van der Waals surface area contributed by atoms with Gasteiger partial charge < -0.3 is 5.73 Å². The van der Waals surface area contributed by atoms with Gasteiger partial charge in [-0.25, -0.2) is 14.8 Å². The van der Waals surface area contributed by atoms with Crippen LogP contribution in [0.5, 0.6) is 0 Å². The predicted octanol–water partition coefficient (Wildman–Crippen LogP) is 4.37. The Hall–Kier alpha value is -2.45. The quantitative estimate of drug-likeness (QED) is 0.436. The number of fused-ring (bicyclic) bond motifs is 1. The maximum absolute atomic E-state index is 12.4. The third-order valence-electron chi connectivity index (χ3n) is 4.02. The van der Waals surface area contributed by atoms with Crippen molar-refractivity contribution in [3.8, 4) is 11.4 Å². The molecule has 0 saturated heterocycles. The zero-order valence-corrected chi connectivity index (χ0v) is 17.8. The van der Waals surface area contributed by atoms with Crippen LogP contribution in [0, 0.1) is 5.92 Å². The highest BCUT2D eigenvalue weighted by Crippen LogP contribution is 2.33. The van der Waals surface area contributed by atoms with Gasteiger partial charge in [-0.2, -0.15) is 0 Å². The van der Waals surface area contributed by atoms with E-state index in [-0.39, 0.29) is 5.92 Å². The van der Waals surface area contributed by atoms with Crippen LogP contribution in [0.2, 0.25) is 0 Å². The molecule has 0 aliphatic rings. The fraction of sp³-hybridized carbons (Fsp3) is 0.200. The number of nitrogens with one attached hydrogen (secondary N) is 1. The highest BCUT2D eigenvalue weighted by Gasteiger charge is 2.26. The van der Waals surface area contributed by atoms with Gasteiger partial charge >= 0.3 is 6.03 Å². The first-order valence-electron chi connectivity index (χ1n) is 8.65. The summed E-state index contributed by atoms with van der Waals surface area (Å²) in [6, 6.07) is 14.5. The van der Waals surface area contributed by atoms with Gasteiger partial charge in [0.15, 0.2) is 5.82 Å². The molecule has 1 heterocycles. The van der Waals surface area contributed by atoms with Gasteiger partial charge in [-0.05, 0) is 24.1 Å². The largest absolute Gasteiger partial charge is 0.351 e. The number of rotatable bonds is 5. The fourth-order valence-corrected chi connectivity index (χ4v) is 4.05. The van der Waals surface area contributed by atoms with Crippen LogP contribution >= 0.6 is 27.7 Å². The minimum absolute atomic E-state index is 0.0331. The number of aromatic nitrogens is 2. The lowest BCUT2D eigenvalue weighted by Gasteiger charge is -2.19. The molecule has 1 atom stereocenters. The van der Waals surface area contributed by atoms with Crippen molar-refractivity contribution in [1.82, 2.24) is 15.3 Å². The van der Waals surface area contributed by atoms with Crippen molar-refractivity contribution >= 4 is 50.5 Å². The second-order valence-corrected chi connectivity index (χ2v) is 8.56. The van der Waals surface area contributed by atoms with Crippen LogP contribution in [0.4, 0.5) is 4.79 Å². The number of nitrogens with zero attached hydrogens (tertiary/aromatic N) is 2. The lowest BCUT2D eigenvalue weighted by Crippen LogP contribution is -2.42. The number of imide groups is 1. The molecular weight excluding hydrogens is 440 g/mol. The lowest BCUT2D eigenvalue weighted by atomic mass is 10.1. The molecule has 3 rings (SSSR count). The Labute approximate surface area is 175 Å². The molecule has 2 aromatic carbocycles. The van der Waals surface area contributed by atoms with Gasteiger partial charge in [-0.15, -0.1) is 0 Å². The average Bonchev–Trinajstić information content (AvgIpc) is 2.65. The average molecular weight is 459 g/mol. The van der Waals surface area contributed by atoms with Crippen molar-refractivity contribution < 1.29 is 9.59 Å². The van der Waals surface area contributed by atoms with E-state index in [1.807, 2.05) is 62.4 Å². The van der Waals surface area contributed by atoms with Gasteiger partial charge in [0, 0.05) is 15.4 Å². The molecule has 0 fully saturated rings. The zero-order valence-electron chi connectivity index (χ0n) is 15.3. The summed E-state index contributed by atoms with van der Waals surface area (Å²) in [5.41, 5.74) is 6.78. The number of primary amides is 1. The van der Waals surface area contributed by atoms with Gasteiger partial charge in [0.1, 0.15) is 5.03 Å². The maximum atomic E-state index is 12.4. The predicted molar refractivity (Wildman–Crippen MR) is 115 cm³/mol. The van der Waals surface area contributed by atoms with E-state index in [2.05, 4.69) is 26.2 Å². The Morgan fingerprint density at radius 3 is 2.39 bits per heavy atom. The van der Waals surface area contributed by atoms with Crippen LogP contribution in [0.15, 0.2) is 58.0 Å². The SMILES string of the molecule is CC(C)C(Sc1nc(-c2ccc(Br)cc2)nc2ccccc12)C(=O)NC(N)=O. The third kappa shape index (κ3) is 4.69. The minimum atomic E-state index is -0.862. The van der Waals surface area contributed by atoms with Crippen LogP contribution in [0.25, 0.3) is 22.3 Å². The number of hydrogen-bond acceptors (Lipinski definition) is 5. The summed E-state index contributed by atoms with van der Waals surface area (Å²) < 4.78 is 0.967. The molecule has 0 saturated carbocycles. The highest BCUT2D eigenvalue weighted by atomic mass is 79.9. The standard InChI is InChI=1S/C20H19BrN4O2S/c1-11(2)16(18(26)25-20(22)27)28-19-14-5-3-4-6-15(14)23-17(24-19)12-7-9-13(21)10-8-12/h3-11,16H,1-2H3,(H3,22,25,26,27). The molecule has 0 aliphatic heterocycles. The number of nitrogens with two attached hydrogens (primary N) is 1. The fourth-order valence-electron chi connectivity index (χ4n) is 2.67. The number of benzene rings is 2. The van der Waals surface area contributed by atoms with Crippen molar-refractivity contribution in [3.05, 3.63) is 53.0 Å². The van der Waals surface area contributed by atoms with Gasteiger partial charge in [-0.1, -0.05) is 71.9 Å². The molecule has 0 aliphatic carbocycles. The van der Waals surface area contributed by atoms with Crippen molar-refractivity contribution in [1.29, 1.82) is 0 Å². The van der Waals surface area contributed by atoms with E-state index in [0.717, 1.165) is 20.9 Å². The molecule has 3 amide bonds. The van der Waals surface area contributed by atoms with Crippen LogP contribution in [0.1, 0.15) is 13.8 Å². The summed E-state index contributed by atoms with van der Waals surface area (Å²) in [5, 5.41) is 3.19. The summed E-state index contributed by atoms with van der Waals surface area (Å²) in [5.74, 6) is 0.112. The topological polar surface area (TPSA) is 98.0 Å². The van der Waals surface area contributed by atoms with Crippen molar-refractivity contribution in [2.24, 2.45) is 11.7 Å². The van der Waals surface area contributed by atoms with E-state index in [1.165, 1.54) is 11.8 Å². The van der Waals surface area contributed by atoms with Crippen molar-refractivity contribution in [2.45, 2.75) is 24.1 Å². The monoisotopic (exact) mass is 458 g/mol. The number of urea groups is 1.